The molecule has 1 aliphatic heterocycles. The minimum Gasteiger partial charge on any atom is -0.398 e. The Labute approximate surface area is 102 Å². The van der Waals surface area contributed by atoms with E-state index in [2.05, 4.69) is 42.6 Å². The van der Waals surface area contributed by atoms with E-state index in [-0.39, 0.29) is 0 Å². The van der Waals surface area contributed by atoms with Crippen LogP contribution in [0.1, 0.15) is 19.4 Å². The van der Waals surface area contributed by atoms with Gasteiger partial charge in [0, 0.05) is 35.8 Å². The number of thioether (sulfide) groups is 1. The monoisotopic (exact) mass is 236 g/mol. The number of hydrogen-bond acceptors (Lipinski definition) is 3. The van der Waals surface area contributed by atoms with E-state index in [0.29, 0.717) is 4.75 Å². The zero-order chi connectivity index (χ0) is 11.6. The molecule has 1 aliphatic rings. The molecule has 0 atom stereocenters. The van der Waals surface area contributed by atoms with Gasteiger partial charge in [-0.25, -0.2) is 0 Å². The van der Waals surface area contributed by atoms with Crippen LogP contribution in [0.15, 0.2) is 24.3 Å². The molecule has 0 unspecified atom stereocenters. The molecular weight excluding hydrogens is 216 g/mol. The number of nitrogens with zero attached hydrogens (tertiary/aromatic N) is 1. The Morgan fingerprint density at radius 3 is 2.81 bits per heavy atom. The second kappa shape index (κ2) is 4.68. The van der Waals surface area contributed by atoms with Gasteiger partial charge in [0.1, 0.15) is 0 Å². The van der Waals surface area contributed by atoms with Crippen molar-refractivity contribution in [3.63, 3.8) is 0 Å². The van der Waals surface area contributed by atoms with Gasteiger partial charge in [0.2, 0.25) is 0 Å². The van der Waals surface area contributed by atoms with Gasteiger partial charge >= 0.3 is 0 Å². The summed E-state index contributed by atoms with van der Waals surface area (Å²) in [4.78, 5) is 2.50. The van der Waals surface area contributed by atoms with Gasteiger partial charge in [-0.2, -0.15) is 11.8 Å². The molecule has 1 heterocycles. The summed E-state index contributed by atoms with van der Waals surface area (Å²) in [6.45, 7) is 7.93. The van der Waals surface area contributed by atoms with Crippen LogP contribution in [0.5, 0.6) is 0 Å². The SMILES string of the molecule is CC1(C)CN(Cc2ccccc2N)CCS1. The highest BCUT2D eigenvalue weighted by Gasteiger charge is 2.26. The van der Waals surface area contributed by atoms with Gasteiger partial charge in [-0.3, -0.25) is 4.90 Å². The summed E-state index contributed by atoms with van der Waals surface area (Å²) in [5, 5.41) is 0. The standard InChI is InChI=1S/C13H20N2S/c1-13(2)10-15(7-8-16-13)9-11-5-3-4-6-12(11)14/h3-6H,7-10,14H2,1-2H3. The Balaban J connectivity index is 2.02. The highest BCUT2D eigenvalue weighted by Crippen LogP contribution is 2.30. The van der Waals surface area contributed by atoms with Crippen LogP contribution in [0.2, 0.25) is 0 Å². The lowest BCUT2D eigenvalue weighted by molar-refractivity contribution is 0.253. The topological polar surface area (TPSA) is 29.3 Å². The maximum atomic E-state index is 5.97. The van der Waals surface area contributed by atoms with Crippen molar-refractivity contribution in [1.29, 1.82) is 0 Å². The van der Waals surface area contributed by atoms with Crippen molar-refractivity contribution in [1.82, 2.24) is 4.90 Å². The average molecular weight is 236 g/mol. The van der Waals surface area contributed by atoms with Crippen LogP contribution in [0.4, 0.5) is 5.69 Å². The van der Waals surface area contributed by atoms with Crippen molar-refractivity contribution in [2.75, 3.05) is 24.6 Å². The van der Waals surface area contributed by atoms with Crippen LogP contribution in [0, 0.1) is 0 Å². The number of benzene rings is 1. The average Bonchev–Trinajstić information content (AvgIpc) is 2.20. The molecule has 0 aromatic heterocycles. The fourth-order valence-electron chi connectivity index (χ4n) is 2.17. The highest BCUT2D eigenvalue weighted by molar-refractivity contribution is 8.00. The van der Waals surface area contributed by atoms with Crippen molar-refractivity contribution in [3.05, 3.63) is 29.8 Å². The maximum absolute atomic E-state index is 5.97. The summed E-state index contributed by atoms with van der Waals surface area (Å²) in [7, 11) is 0. The minimum atomic E-state index is 0.377. The summed E-state index contributed by atoms with van der Waals surface area (Å²) in [5.74, 6) is 1.22. The molecule has 2 rings (SSSR count). The Morgan fingerprint density at radius 2 is 2.12 bits per heavy atom. The summed E-state index contributed by atoms with van der Waals surface area (Å²) >= 11 is 2.07. The Morgan fingerprint density at radius 1 is 1.38 bits per heavy atom. The van der Waals surface area contributed by atoms with Crippen molar-refractivity contribution in [2.45, 2.75) is 25.1 Å². The third kappa shape index (κ3) is 2.92. The fourth-order valence-corrected chi connectivity index (χ4v) is 3.34. The molecule has 0 amide bonds. The largest absolute Gasteiger partial charge is 0.398 e. The number of anilines is 1. The zero-order valence-electron chi connectivity index (χ0n) is 10.1. The van der Waals surface area contributed by atoms with Crippen LogP contribution in [-0.2, 0) is 6.54 Å². The number of nitrogen functional groups attached to an aromatic ring is 1. The van der Waals surface area contributed by atoms with Gasteiger partial charge < -0.3 is 5.73 Å². The Bertz CT molecular complexity index is 363. The molecular formula is C13H20N2S. The first-order valence-corrected chi connectivity index (χ1v) is 6.75. The van der Waals surface area contributed by atoms with E-state index in [9.17, 15) is 0 Å². The second-order valence-electron chi connectivity index (χ2n) is 5.02. The normalized spacial score (nSPS) is 20.9. The third-order valence-electron chi connectivity index (χ3n) is 2.95. The molecule has 0 bridgehead atoms. The first kappa shape index (κ1) is 11.8. The summed E-state index contributed by atoms with van der Waals surface area (Å²) in [5.41, 5.74) is 8.14. The summed E-state index contributed by atoms with van der Waals surface area (Å²) < 4.78 is 0.377. The molecule has 0 radical (unpaired) electrons. The van der Waals surface area contributed by atoms with Crippen LogP contribution in [-0.4, -0.2) is 28.5 Å². The van der Waals surface area contributed by atoms with Gasteiger partial charge in [-0.05, 0) is 25.5 Å². The molecule has 0 saturated carbocycles. The molecule has 2 N–H and O–H groups in total. The number of hydrogen-bond donors (Lipinski definition) is 1. The minimum absolute atomic E-state index is 0.377. The molecule has 16 heavy (non-hydrogen) atoms. The summed E-state index contributed by atoms with van der Waals surface area (Å²) in [6.07, 6.45) is 0. The fraction of sp³-hybridized carbons (Fsp3) is 0.538. The maximum Gasteiger partial charge on any atom is 0.0359 e. The van der Waals surface area contributed by atoms with Crippen LogP contribution < -0.4 is 5.73 Å². The zero-order valence-corrected chi connectivity index (χ0v) is 10.9. The molecule has 3 heteroatoms. The van der Waals surface area contributed by atoms with Crippen LogP contribution in [0.25, 0.3) is 0 Å². The van der Waals surface area contributed by atoms with E-state index in [1.54, 1.807) is 0 Å². The van der Waals surface area contributed by atoms with Gasteiger partial charge in [0.15, 0.2) is 0 Å². The van der Waals surface area contributed by atoms with E-state index >= 15 is 0 Å². The molecule has 2 nitrogen and oxygen atoms in total. The van der Waals surface area contributed by atoms with Crippen molar-refractivity contribution >= 4 is 17.4 Å². The van der Waals surface area contributed by atoms with Gasteiger partial charge in [0.25, 0.3) is 0 Å². The van der Waals surface area contributed by atoms with E-state index in [0.717, 1.165) is 18.8 Å². The quantitative estimate of drug-likeness (QED) is 0.800. The van der Waals surface area contributed by atoms with Crippen LogP contribution >= 0.6 is 11.8 Å². The molecule has 1 aromatic carbocycles. The lowest BCUT2D eigenvalue weighted by Gasteiger charge is -2.37. The summed E-state index contributed by atoms with van der Waals surface area (Å²) in [6, 6.07) is 8.17. The predicted molar refractivity (Wildman–Crippen MR) is 72.7 cm³/mol. The van der Waals surface area contributed by atoms with Crippen LogP contribution in [0.3, 0.4) is 0 Å². The first-order chi connectivity index (χ1) is 7.57. The molecule has 1 fully saturated rings. The number of nitrogens with two attached hydrogens (primary N) is 1. The van der Waals surface area contributed by atoms with E-state index in [1.807, 2.05) is 12.1 Å². The van der Waals surface area contributed by atoms with Gasteiger partial charge in [-0.15, -0.1) is 0 Å². The van der Waals surface area contributed by atoms with Gasteiger partial charge in [-0.1, -0.05) is 18.2 Å². The smallest absolute Gasteiger partial charge is 0.0359 e. The molecule has 0 spiro atoms. The Kier molecular flexibility index (Phi) is 3.45. The molecule has 1 aromatic rings. The lowest BCUT2D eigenvalue weighted by atomic mass is 10.1. The highest BCUT2D eigenvalue weighted by atomic mass is 32.2. The van der Waals surface area contributed by atoms with Crippen molar-refractivity contribution < 1.29 is 0 Å². The van der Waals surface area contributed by atoms with Gasteiger partial charge in [0.05, 0.1) is 0 Å². The first-order valence-electron chi connectivity index (χ1n) is 5.76. The lowest BCUT2D eigenvalue weighted by Crippen LogP contribution is -2.42. The molecule has 0 aliphatic carbocycles. The van der Waals surface area contributed by atoms with Crippen molar-refractivity contribution in [3.8, 4) is 0 Å². The van der Waals surface area contributed by atoms with E-state index < -0.39 is 0 Å². The predicted octanol–water partition coefficient (Wildman–Crippen LogP) is 2.60. The number of para-hydroxylation sites is 1. The Hall–Kier alpha value is -0.670. The third-order valence-corrected chi connectivity index (χ3v) is 4.25. The second-order valence-corrected chi connectivity index (χ2v) is 6.82. The van der Waals surface area contributed by atoms with Crippen molar-refractivity contribution in [2.24, 2.45) is 0 Å². The number of rotatable bonds is 2. The molecule has 88 valence electrons. The molecule has 1 saturated heterocycles. The van der Waals surface area contributed by atoms with E-state index in [4.69, 9.17) is 5.73 Å². The van der Waals surface area contributed by atoms with E-state index in [1.165, 1.54) is 17.9 Å².